The Labute approximate surface area is 168 Å². The number of carbonyl (C=O) groups is 2. The molecule has 1 fully saturated rings. The predicted molar refractivity (Wildman–Crippen MR) is 98.6 cm³/mol. The maximum atomic E-state index is 13.3. The van der Waals surface area contributed by atoms with Crippen molar-refractivity contribution in [2.75, 3.05) is 18.5 Å². The summed E-state index contributed by atoms with van der Waals surface area (Å²) in [4.78, 5) is 25.7. The lowest BCUT2D eigenvalue weighted by Gasteiger charge is -2.32. The summed E-state index contributed by atoms with van der Waals surface area (Å²) in [5.41, 5.74) is -0.810. The normalized spacial score (nSPS) is 17.3. The monoisotopic (exact) mass is 429 g/mol. The molecule has 0 radical (unpaired) electrons. The molecule has 2 N–H and O–H groups in total. The third-order valence-electron chi connectivity index (χ3n) is 4.42. The van der Waals surface area contributed by atoms with Gasteiger partial charge >= 0.3 is 6.18 Å². The molecular weight excluding hydrogens is 414 g/mol. The molecule has 0 aliphatic carbocycles. The summed E-state index contributed by atoms with van der Waals surface area (Å²) < 4.78 is 51.6. The number of nitrogens with zero attached hydrogens (tertiary/aromatic N) is 1. The van der Waals surface area contributed by atoms with Crippen LogP contribution in [0.15, 0.2) is 42.5 Å². The molecule has 5 nitrogen and oxygen atoms in total. The third kappa shape index (κ3) is 5.24. The van der Waals surface area contributed by atoms with E-state index in [-0.39, 0.29) is 37.3 Å². The van der Waals surface area contributed by atoms with Crippen molar-refractivity contribution in [3.63, 3.8) is 0 Å². The van der Waals surface area contributed by atoms with Crippen molar-refractivity contribution >= 4 is 29.1 Å². The molecule has 1 aliphatic heterocycles. The summed E-state index contributed by atoms with van der Waals surface area (Å²) in [5, 5.41) is 5.95. The number of benzene rings is 2. The van der Waals surface area contributed by atoms with E-state index < -0.39 is 23.5 Å². The van der Waals surface area contributed by atoms with Gasteiger partial charge in [0.05, 0.1) is 12.2 Å². The minimum atomic E-state index is -4.88. The number of nitrogens with one attached hydrogen (secondary N) is 2. The molecule has 2 aromatic carbocycles. The Morgan fingerprint density at radius 1 is 1.21 bits per heavy atom. The summed E-state index contributed by atoms with van der Waals surface area (Å²) in [7, 11) is 0. The molecule has 1 saturated heterocycles. The highest BCUT2D eigenvalue weighted by Gasteiger charge is 2.34. The van der Waals surface area contributed by atoms with Crippen molar-refractivity contribution in [1.82, 2.24) is 10.2 Å². The molecule has 0 saturated carbocycles. The van der Waals surface area contributed by atoms with Crippen molar-refractivity contribution in [2.45, 2.75) is 18.6 Å². The molecule has 1 unspecified atom stereocenters. The van der Waals surface area contributed by atoms with Crippen LogP contribution in [0.1, 0.15) is 23.6 Å². The van der Waals surface area contributed by atoms with Gasteiger partial charge in [-0.1, -0.05) is 23.7 Å². The molecule has 3 rings (SSSR count). The van der Waals surface area contributed by atoms with Gasteiger partial charge < -0.3 is 10.2 Å². The molecule has 154 valence electrons. The number of alkyl halides is 3. The maximum absolute atomic E-state index is 13.3. The van der Waals surface area contributed by atoms with Crippen molar-refractivity contribution < 1.29 is 27.2 Å². The molecule has 2 amide bonds. The highest BCUT2D eigenvalue weighted by Crippen LogP contribution is 2.33. The van der Waals surface area contributed by atoms with Gasteiger partial charge in [-0.2, -0.15) is 13.2 Å². The minimum Gasteiger partial charge on any atom is -0.325 e. The fourth-order valence-corrected chi connectivity index (χ4v) is 3.08. The summed E-state index contributed by atoms with van der Waals surface area (Å²) in [6, 6.07) is 8.94. The van der Waals surface area contributed by atoms with E-state index in [1.807, 2.05) is 0 Å². The molecular formula is C19H16ClF4N3O2. The Balaban J connectivity index is 1.59. The average Bonchev–Trinajstić information content (AvgIpc) is 2.65. The fraction of sp³-hybridized carbons (Fsp3) is 0.263. The molecule has 0 spiro atoms. The van der Waals surface area contributed by atoms with Gasteiger partial charge in [0, 0.05) is 23.2 Å². The Morgan fingerprint density at radius 3 is 2.52 bits per heavy atom. The second kappa shape index (κ2) is 8.38. The predicted octanol–water partition coefficient (Wildman–Crippen LogP) is 3.96. The summed E-state index contributed by atoms with van der Waals surface area (Å²) >= 11 is 5.85. The number of anilines is 1. The van der Waals surface area contributed by atoms with Crippen LogP contribution < -0.4 is 10.6 Å². The number of halogens is 5. The van der Waals surface area contributed by atoms with Gasteiger partial charge in [-0.25, -0.2) is 4.39 Å². The Bertz CT molecular complexity index is 919. The fourth-order valence-electron chi connectivity index (χ4n) is 2.95. The first kappa shape index (κ1) is 21.1. The number of rotatable bonds is 4. The summed E-state index contributed by atoms with van der Waals surface area (Å²) in [6.45, 7) is -0.255. The van der Waals surface area contributed by atoms with Crippen LogP contribution in [0.4, 0.5) is 23.2 Å². The van der Waals surface area contributed by atoms with Crippen LogP contribution in [-0.4, -0.2) is 29.9 Å². The Morgan fingerprint density at radius 2 is 1.90 bits per heavy atom. The van der Waals surface area contributed by atoms with Crippen LogP contribution in [0.2, 0.25) is 5.02 Å². The van der Waals surface area contributed by atoms with Gasteiger partial charge in [0.2, 0.25) is 11.8 Å². The molecule has 0 aromatic heterocycles. The lowest BCUT2D eigenvalue weighted by molar-refractivity contribution is -0.140. The second-order valence-corrected chi connectivity index (χ2v) is 6.94. The lowest BCUT2D eigenvalue weighted by Crippen LogP contribution is -2.49. The van der Waals surface area contributed by atoms with Crippen molar-refractivity contribution in [2.24, 2.45) is 0 Å². The van der Waals surface area contributed by atoms with Gasteiger partial charge in [0.15, 0.2) is 0 Å². The van der Waals surface area contributed by atoms with Gasteiger partial charge in [-0.3, -0.25) is 14.9 Å². The Kier molecular flexibility index (Phi) is 6.09. The van der Waals surface area contributed by atoms with E-state index in [0.717, 1.165) is 11.6 Å². The smallest absolute Gasteiger partial charge is 0.325 e. The molecule has 0 bridgehead atoms. The highest BCUT2D eigenvalue weighted by molar-refractivity contribution is 6.30. The standard InChI is InChI=1S/C19H16ClF4N3O2/c20-12-3-1-11(2-4-12)16-8-18(29)27(10-25-16)9-17(28)26-13-5-6-15(21)14(7-13)19(22,23)24/h1-7,16,25H,8-10H2,(H,26,28). The number of hydrogen-bond acceptors (Lipinski definition) is 3. The van der Waals surface area contributed by atoms with Crippen LogP contribution in [-0.2, 0) is 15.8 Å². The van der Waals surface area contributed by atoms with E-state index in [4.69, 9.17) is 11.6 Å². The van der Waals surface area contributed by atoms with Crippen LogP contribution in [0.5, 0.6) is 0 Å². The molecule has 1 heterocycles. The van der Waals surface area contributed by atoms with E-state index in [1.165, 1.54) is 4.90 Å². The summed E-state index contributed by atoms with van der Waals surface area (Å²) in [6.07, 6.45) is -4.77. The van der Waals surface area contributed by atoms with Crippen molar-refractivity contribution in [3.05, 3.63) is 64.4 Å². The average molecular weight is 430 g/mol. The molecule has 10 heteroatoms. The topological polar surface area (TPSA) is 61.4 Å². The second-order valence-electron chi connectivity index (χ2n) is 6.50. The highest BCUT2D eigenvalue weighted by atomic mass is 35.5. The first-order valence-corrected chi connectivity index (χ1v) is 8.94. The van der Waals surface area contributed by atoms with Crippen LogP contribution in [0, 0.1) is 5.82 Å². The zero-order valence-electron chi connectivity index (χ0n) is 14.9. The minimum absolute atomic E-state index is 0.0940. The number of amides is 2. The zero-order valence-corrected chi connectivity index (χ0v) is 15.6. The quantitative estimate of drug-likeness (QED) is 0.723. The lowest BCUT2D eigenvalue weighted by atomic mass is 10.0. The van der Waals surface area contributed by atoms with Crippen LogP contribution in [0.25, 0.3) is 0 Å². The Hall–Kier alpha value is -2.65. The van der Waals surface area contributed by atoms with Crippen molar-refractivity contribution in [1.29, 1.82) is 0 Å². The van der Waals surface area contributed by atoms with E-state index in [9.17, 15) is 27.2 Å². The van der Waals surface area contributed by atoms with E-state index in [0.29, 0.717) is 17.2 Å². The first-order chi connectivity index (χ1) is 13.6. The maximum Gasteiger partial charge on any atom is 0.419 e. The van der Waals surface area contributed by atoms with Gasteiger partial charge in [0.1, 0.15) is 12.4 Å². The van der Waals surface area contributed by atoms with Gasteiger partial charge in [0.25, 0.3) is 0 Å². The molecule has 2 aromatic rings. The van der Waals surface area contributed by atoms with E-state index in [2.05, 4.69) is 10.6 Å². The van der Waals surface area contributed by atoms with Gasteiger partial charge in [-0.15, -0.1) is 0 Å². The number of hydrogen-bond donors (Lipinski definition) is 2. The summed E-state index contributed by atoms with van der Waals surface area (Å²) in [5.74, 6) is -2.40. The SMILES string of the molecule is O=C(CN1CNC(c2ccc(Cl)cc2)CC1=O)Nc1ccc(F)c(C(F)(F)F)c1. The van der Waals surface area contributed by atoms with Crippen molar-refractivity contribution in [3.8, 4) is 0 Å². The van der Waals surface area contributed by atoms with Crippen LogP contribution in [0.3, 0.4) is 0 Å². The largest absolute Gasteiger partial charge is 0.419 e. The van der Waals surface area contributed by atoms with E-state index >= 15 is 0 Å². The first-order valence-electron chi connectivity index (χ1n) is 8.56. The third-order valence-corrected chi connectivity index (χ3v) is 4.67. The zero-order chi connectivity index (χ0) is 21.2. The molecule has 29 heavy (non-hydrogen) atoms. The number of carbonyl (C=O) groups excluding carboxylic acids is 2. The van der Waals surface area contributed by atoms with E-state index in [1.54, 1.807) is 24.3 Å². The van der Waals surface area contributed by atoms with Gasteiger partial charge in [-0.05, 0) is 35.9 Å². The van der Waals surface area contributed by atoms with Crippen LogP contribution >= 0.6 is 11.6 Å². The molecule has 1 aliphatic rings. The molecule has 1 atom stereocenters.